The van der Waals surface area contributed by atoms with Gasteiger partial charge in [0.2, 0.25) is 10.5 Å². The average Bonchev–Trinajstić information content (AvgIpc) is 2.57. The maximum Gasteiger partial charge on any atom is 0.298 e. The van der Waals surface area contributed by atoms with E-state index in [1.165, 1.54) is 64.2 Å². The molecule has 0 aromatic heterocycles. The van der Waals surface area contributed by atoms with Gasteiger partial charge >= 0.3 is 0 Å². The molecular formula is C18H34O2Si. The van der Waals surface area contributed by atoms with E-state index in [-0.39, 0.29) is 11.4 Å². The maximum absolute atomic E-state index is 12.9. The van der Waals surface area contributed by atoms with Crippen molar-refractivity contribution in [1.82, 2.24) is 0 Å². The molecule has 2 nitrogen and oxygen atoms in total. The Hall–Kier alpha value is -0.313. The smallest absolute Gasteiger partial charge is 0.298 e. The molecular weight excluding hydrogens is 276 g/mol. The molecule has 2 atom stereocenters. The monoisotopic (exact) mass is 310 g/mol. The van der Waals surface area contributed by atoms with Gasteiger partial charge in [-0.15, -0.1) is 0 Å². The molecule has 0 aromatic rings. The highest BCUT2D eigenvalue weighted by Gasteiger charge is 2.51. The first-order valence-electron chi connectivity index (χ1n) is 9.25. The fourth-order valence-corrected chi connectivity index (χ4v) is 5.72. The van der Waals surface area contributed by atoms with Crippen LogP contribution in [0.25, 0.3) is 0 Å². The number of hydrogen-bond acceptors (Lipinski definition) is 2. The molecule has 2 saturated carbocycles. The van der Waals surface area contributed by atoms with Crippen molar-refractivity contribution in [2.75, 3.05) is 0 Å². The Balaban J connectivity index is 2.25. The summed E-state index contributed by atoms with van der Waals surface area (Å²) >= 11 is 0. The largest absolute Gasteiger partial charge is 0.528 e. The molecule has 0 heterocycles. The van der Waals surface area contributed by atoms with Gasteiger partial charge in [-0.25, -0.2) is 0 Å². The van der Waals surface area contributed by atoms with Crippen LogP contribution in [0.2, 0.25) is 0 Å². The van der Waals surface area contributed by atoms with E-state index in [9.17, 15) is 4.79 Å². The Bertz CT molecular complexity index is 332. The highest BCUT2D eigenvalue weighted by Crippen LogP contribution is 2.51. The van der Waals surface area contributed by atoms with Gasteiger partial charge < -0.3 is 4.43 Å². The minimum absolute atomic E-state index is 0.140. The van der Waals surface area contributed by atoms with Gasteiger partial charge in [0.25, 0.3) is 5.97 Å². The summed E-state index contributed by atoms with van der Waals surface area (Å²) < 4.78 is 5.47. The molecule has 2 unspecified atom stereocenters. The second-order valence-corrected chi connectivity index (χ2v) is 7.82. The predicted molar refractivity (Wildman–Crippen MR) is 91.1 cm³/mol. The summed E-state index contributed by atoms with van der Waals surface area (Å²) in [6, 6.07) is 0. The zero-order valence-electron chi connectivity index (χ0n) is 14.3. The van der Waals surface area contributed by atoms with Gasteiger partial charge in [0.1, 0.15) is 0 Å². The third-order valence-corrected chi connectivity index (χ3v) is 7.02. The second-order valence-electron chi connectivity index (χ2n) is 7.41. The molecule has 2 aliphatic carbocycles. The number of carbonyl (C=O) groups is 1. The lowest BCUT2D eigenvalue weighted by atomic mass is 9.57. The van der Waals surface area contributed by atoms with Crippen molar-refractivity contribution < 1.29 is 9.22 Å². The van der Waals surface area contributed by atoms with Crippen LogP contribution in [0.1, 0.15) is 84.5 Å². The van der Waals surface area contributed by atoms with Crippen molar-refractivity contribution in [2.45, 2.75) is 84.5 Å². The average molecular weight is 311 g/mol. The summed E-state index contributed by atoms with van der Waals surface area (Å²) in [7, 11) is 0.539. The van der Waals surface area contributed by atoms with Crippen LogP contribution in [-0.4, -0.2) is 16.5 Å². The van der Waals surface area contributed by atoms with Crippen LogP contribution in [-0.2, 0) is 9.22 Å². The number of hydrogen-bond donors (Lipinski definition) is 0. The van der Waals surface area contributed by atoms with Crippen LogP contribution in [0.3, 0.4) is 0 Å². The second kappa shape index (κ2) is 7.80. The minimum atomic E-state index is -0.190. The molecule has 0 amide bonds. The summed E-state index contributed by atoms with van der Waals surface area (Å²) in [4.78, 5) is 12.9. The van der Waals surface area contributed by atoms with E-state index in [2.05, 4.69) is 13.8 Å². The molecule has 2 fully saturated rings. The molecule has 2 aliphatic rings. The van der Waals surface area contributed by atoms with E-state index in [1.54, 1.807) is 0 Å². The first kappa shape index (κ1) is 17.0. The van der Waals surface area contributed by atoms with Crippen molar-refractivity contribution in [3.05, 3.63) is 0 Å². The summed E-state index contributed by atoms with van der Waals surface area (Å²) in [5.41, 5.74) is -0.190. The molecule has 0 spiro atoms. The molecule has 0 saturated heterocycles. The van der Waals surface area contributed by atoms with E-state index in [1.807, 2.05) is 0 Å². The van der Waals surface area contributed by atoms with Crippen molar-refractivity contribution in [3.63, 3.8) is 0 Å². The van der Waals surface area contributed by atoms with Crippen molar-refractivity contribution in [3.8, 4) is 0 Å². The Morgan fingerprint density at radius 1 is 1.10 bits per heavy atom. The lowest BCUT2D eigenvalue weighted by molar-refractivity contribution is -0.158. The molecule has 0 bridgehead atoms. The molecule has 21 heavy (non-hydrogen) atoms. The number of rotatable bonds is 5. The summed E-state index contributed by atoms with van der Waals surface area (Å²) in [5.74, 6) is 1.94. The van der Waals surface area contributed by atoms with Crippen LogP contribution in [0.15, 0.2) is 0 Å². The zero-order chi connectivity index (χ0) is 15.3. The third-order valence-electron chi connectivity index (χ3n) is 6.65. The lowest BCUT2D eigenvalue weighted by Gasteiger charge is -2.47. The van der Waals surface area contributed by atoms with Crippen LogP contribution < -0.4 is 0 Å². The molecule has 0 aliphatic heterocycles. The quantitative estimate of drug-likeness (QED) is 0.717. The van der Waals surface area contributed by atoms with Crippen molar-refractivity contribution in [2.24, 2.45) is 23.2 Å². The standard InChI is InChI=1S/C18H34O2Si/c1-3-18(17(19)20-21,16-12-8-5-9-13-16)14(2)15-10-6-4-7-11-15/h14-16H,3-13H2,1-2,21H3. The van der Waals surface area contributed by atoms with Gasteiger partial charge in [-0.1, -0.05) is 65.2 Å². The van der Waals surface area contributed by atoms with Gasteiger partial charge in [0, 0.05) is 0 Å². The Morgan fingerprint density at radius 3 is 2.10 bits per heavy atom. The molecule has 3 heteroatoms. The van der Waals surface area contributed by atoms with E-state index < -0.39 is 0 Å². The highest BCUT2D eigenvalue weighted by molar-refractivity contribution is 6.06. The van der Waals surface area contributed by atoms with Gasteiger partial charge in [-0.05, 0) is 37.0 Å². The molecule has 2 rings (SSSR count). The first-order chi connectivity index (χ1) is 10.2. The van der Waals surface area contributed by atoms with E-state index in [4.69, 9.17) is 4.43 Å². The van der Waals surface area contributed by atoms with Crippen LogP contribution in [0.5, 0.6) is 0 Å². The van der Waals surface area contributed by atoms with Crippen LogP contribution >= 0.6 is 0 Å². The predicted octanol–water partition coefficient (Wildman–Crippen LogP) is 4.00. The third kappa shape index (κ3) is 3.38. The van der Waals surface area contributed by atoms with Crippen LogP contribution in [0, 0.1) is 23.2 Å². The maximum atomic E-state index is 12.9. The normalized spacial score (nSPS) is 26.2. The van der Waals surface area contributed by atoms with Gasteiger partial charge in [-0.3, -0.25) is 4.79 Å². The Morgan fingerprint density at radius 2 is 1.62 bits per heavy atom. The van der Waals surface area contributed by atoms with E-state index in [0.29, 0.717) is 22.3 Å². The molecule has 0 radical (unpaired) electrons. The molecule has 0 aromatic carbocycles. The summed E-state index contributed by atoms with van der Waals surface area (Å²) in [6.45, 7) is 4.60. The van der Waals surface area contributed by atoms with Gasteiger partial charge in [-0.2, -0.15) is 0 Å². The Labute approximate surface area is 134 Å². The summed E-state index contributed by atoms with van der Waals surface area (Å²) in [6.07, 6.45) is 14.1. The van der Waals surface area contributed by atoms with Crippen LogP contribution in [0.4, 0.5) is 0 Å². The fraction of sp³-hybridized carbons (Fsp3) is 0.944. The van der Waals surface area contributed by atoms with Gasteiger partial charge in [0.05, 0.1) is 5.41 Å². The minimum Gasteiger partial charge on any atom is -0.528 e. The zero-order valence-corrected chi connectivity index (χ0v) is 16.3. The first-order valence-corrected chi connectivity index (χ1v) is 10.1. The number of carbonyl (C=O) groups excluding carboxylic acids is 1. The van der Waals surface area contributed by atoms with E-state index in [0.717, 1.165) is 12.3 Å². The SMILES string of the molecule is CCC(C(=O)O[SiH3])(C1CCCCC1)C(C)C1CCCCC1. The lowest BCUT2D eigenvalue weighted by Crippen LogP contribution is -2.48. The summed E-state index contributed by atoms with van der Waals surface area (Å²) in [5, 5.41) is 0. The Kier molecular flexibility index (Phi) is 6.33. The fourth-order valence-electron chi connectivity index (χ4n) is 5.34. The van der Waals surface area contributed by atoms with Crippen molar-refractivity contribution in [1.29, 1.82) is 0 Å². The van der Waals surface area contributed by atoms with E-state index >= 15 is 0 Å². The molecule has 0 N–H and O–H groups in total. The van der Waals surface area contributed by atoms with Gasteiger partial charge in [0.15, 0.2) is 0 Å². The molecule has 122 valence electrons. The highest BCUT2D eigenvalue weighted by atomic mass is 28.2. The topological polar surface area (TPSA) is 26.3 Å². The van der Waals surface area contributed by atoms with Crippen molar-refractivity contribution >= 4 is 16.5 Å².